The van der Waals surface area contributed by atoms with Gasteiger partial charge in [0.15, 0.2) is 0 Å². The van der Waals surface area contributed by atoms with Crippen LogP contribution < -0.4 is 15.4 Å². The first kappa shape index (κ1) is 20.4. The Morgan fingerprint density at radius 2 is 2.00 bits per heavy atom. The number of aryl methyl sites for hydroxylation is 1. The first-order valence-corrected chi connectivity index (χ1v) is 9.24. The van der Waals surface area contributed by atoms with E-state index in [-0.39, 0.29) is 17.5 Å². The summed E-state index contributed by atoms with van der Waals surface area (Å²) in [4.78, 5) is 29.5. The summed E-state index contributed by atoms with van der Waals surface area (Å²) in [7, 11) is 1.33. The van der Waals surface area contributed by atoms with E-state index in [1.54, 1.807) is 17.0 Å². The molecule has 2 aromatic rings. The highest BCUT2D eigenvalue weighted by Gasteiger charge is 2.25. The lowest BCUT2D eigenvalue weighted by Crippen LogP contribution is -2.44. The number of aromatic nitrogens is 1. The van der Waals surface area contributed by atoms with Crippen LogP contribution in [-0.4, -0.2) is 48.3 Å². The Morgan fingerprint density at radius 1 is 1.21 bits per heavy atom. The predicted octanol–water partition coefficient (Wildman–Crippen LogP) is 3.78. The van der Waals surface area contributed by atoms with Gasteiger partial charge in [-0.3, -0.25) is 4.98 Å². The highest BCUT2D eigenvalue weighted by atomic mass is 19.1. The Balaban J connectivity index is 1.62. The number of carbonyl (C=O) groups excluding carboxylic acids is 2. The second kappa shape index (κ2) is 9.22. The molecule has 1 saturated heterocycles. The molecule has 154 valence electrons. The molecule has 1 aliphatic rings. The monoisotopic (exact) mass is 402 g/mol. The minimum Gasteiger partial charge on any atom is -0.488 e. The van der Waals surface area contributed by atoms with Gasteiger partial charge in [0.2, 0.25) is 0 Å². The number of rotatable bonds is 4. The van der Waals surface area contributed by atoms with Gasteiger partial charge in [-0.15, -0.1) is 0 Å². The van der Waals surface area contributed by atoms with Crippen molar-refractivity contribution in [3.8, 4) is 5.75 Å². The smallest absolute Gasteiger partial charge is 0.409 e. The van der Waals surface area contributed by atoms with Crippen LogP contribution in [0.2, 0.25) is 0 Å². The molecule has 0 radical (unpaired) electrons. The maximum atomic E-state index is 14.0. The number of nitrogens with zero attached hydrogens (tertiary/aromatic N) is 2. The summed E-state index contributed by atoms with van der Waals surface area (Å²) in [5.41, 5.74) is 1.60. The van der Waals surface area contributed by atoms with E-state index >= 15 is 0 Å². The highest BCUT2D eigenvalue weighted by molar-refractivity contribution is 5.99. The van der Waals surface area contributed by atoms with Crippen LogP contribution in [0.5, 0.6) is 5.75 Å². The first-order valence-electron chi connectivity index (χ1n) is 9.24. The van der Waals surface area contributed by atoms with Crippen molar-refractivity contribution in [3.63, 3.8) is 0 Å². The molecule has 1 aromatic heterocycles. The quantitative estimate of drug-likeness (QED) is 0.812. The van der Waals surface area contributed by atoms with E-state index in [4.69, 9.17) is 9.47 Å². The number of pyridine rings is 1. The van der Waals surface area contributed by atoms with E-state index in [0.29, 0.717) is 18.8 Å². The molecule has 1 aromatic carbocycles. The Bertz CT molecular complexity index is 875. The van der Waals surface area contributed by atoms with Crippen LogP contribution in [0.4, 0.5) is 25.4 Å². The standard InChI is InChI=1S/C20H23FN4O4/c1-13-5-6-15(11-22-13)23-19(26)24-16-8-14(21)9-18(10-16)29-17-4-3-7-25(12-17)20(27)28-2/h5-6,8-11,17H,3-4,7,12H2,1-2H3,(H2,23,24,26)/t17-/m0/s1. The molecule has 3 amide bonds. The molecule has 1 fully saturated rings. The number of methoxy groups -OCH3 is 1. The van der Waals surface area contributed by atoms with Gasteiger partial charge in [0.05, 0.1) is 25.5 Å². The Kier molecular flexibility index (Phi) is 6.48. The maximum Gasteiger partial charge on any atom is 0.409 e. The molecule has 8 nitrogen and oxygen atoms in total. The highest BCUT2D eigenvalue weighted by Crippen LogP contribution is 2.24. The number of anilines is 2. The van der Waals surface area contributed by atoms with Crippen LogP contribution >= 0.6 is 0 Å². The van der Waals surface area contributed by atoms with Gasteiger partial charge in [-0.1, -0.05) is 0 Å². The lowest BCUT2D eigenvalue weighted by Gasteiger charge is -2.31. The maximum absolute atomic E-state index is 14.0. The minimum atomic E-state index is -0.546. The van der Waals surface area contributed by atoms with Gasteiger partial charge >= 0.3 is 12.1 Å². The summed E-state index contributed by atoms with van der Waals surface area (Å²) < 4.78 is 24.6. The molecular formula is C20H23FN4O4. The number of urea groups is 1. The molecule has 0 spiro atoms. The third kappa shape index (κ3) is 5.81. The van der Waals surface area contributed by atoms with Crippen molar-refractivity contribution in [1.29, 1.82) is 0 Å². The topological polar surface area (TPSA) is 92.8 Å². The van der Waals surface area contributed by atoms with E-state index in [9.17, 15) is 14.0 Å². The molecule has 29 heavy (non-hydrogen) atoms. The van der Waals surface area contributed by atoms with Crippen molar-refractivity contribution in [2.24, 2.45) is 0 Å². The van der Waals surface area contributed by atoms with Crippen molar-refractivity contribution in [2.75, 3.05) is 30.8 Å². The fourth-order valence-electron chi connectivity index (χ4n) is 3.06. The number of nitrogens with one attached hydrogen (secondary N) is 2. The number of amides is 3. The molecule has 1 aliphatic heterocycles. The zero-order valence-electron chi connectivity index (χ0n) is 16.3. The van der Waals surface area contributed by atoms with E-state index in [1.807, 2.05) is 6.92 Å². The van der Waals surface area contributed by atoms with Crippen molar-refractivity contribution in [1.82, 2.24) is 9.88 Å². The van der Waals surface area contributed by atoms with Crippen molar-refractivity contribution < 1.29 is 23.5 Å². The average molecular weight is 402 g/mol. The van der Waals surface area contributed by atoms with E-state index in [0.717, 1.165) is 18.5 Å². The Labute approximate surface area is 168 Å². The molecule has 1 atom stereocenters. The summed E-state index contributed by atoms with van der Waals surface area (Å²) >= 11 is 0. The SMILES string of the molecule is COC(=O)N1CCC[C@H](Oc2cc(F)cc(NC(=O)Nc3ccc(C)nc3)c2)C1. The molecule has 0 aliphatic carbocycles. The van der Waals surface area contributed by atoms with Gasteiger partial charge in [-0.2, -0.15) is 0 Å². The second-order valence-corrected chi connectivity index (χ2v) is 6.74. The average Bonchev–Trinajstić information content (AvgIpc) is 2.69. The largest absolute Gasteiger partial charge is 0.488 e. The molecule has 0 bridgehead atoms. The van der Waals surface area contributed by atoms with Gasteiger partial charge < -0.3 is 25.0 Å². The summed E-state index contributed by atoms with van der Waals surface area (Å²) in [6.45, 7) is 2.79. The normalized spacial score (nSPS) is 16.1. The van der Waals surface area contributed by atoms with Crippen LogP contribution in [0.1, 0.15) is 18.5 Å². The number of hydrogen-bond donors (Lipinski definition) is 2. The number of piperidine rings is 1. The van der Waals surface area contributed by atoms with Gasteiger partial charge in [0, 0.05) is 30.1 Å². The zero-order valence-corrected chi connectivity index (χ0v) is 16.3. The summed E-state index contributed by atoms with van der Waals surface area (Å²) in [5, 5.41) is 5.21. The predicted molar refractivity (Wildman–Crippen MR) is 106 cm³/mol. The molecule has 3 rings (SSSR count). The van der Waals surface area contributed by atoms with Crippen LogP contribution in [0, 0.1) is 12.7 Å². The number of ether oxygens (including phenoxy) is 2. The number of benzene rings is 1. The number of carbonyl (C=O) groups is 2. The van der Waals surface area contributed by atoms with E-state index in [2.05, 4.69) is 15.6 Å². The van der Waals surface area contributed by atoms with Gasteiger partial charge in [0.1, 0.15) is 17.7 Å². The minimum absolute atomic E-state index is 0.248. The lowest BCUT2D eigenvalue weighted by molar-refractivity contribution is 0.0693. The third-order valence-electron chi connectivity index (χ3n) is 4.41. The molecule has 0 unspecified atom stereocenters. The molecular weight excluding hydrogens is 379 g/mol. The van der Waals surface area contributed by atoms with Crippen molar-refractivity contribution in [3.05, 3.63) is 48.0 Å². The van der Waals surface area contributed by atoms with Crippen molar-refractivity contribution in [2.45, 2.75) is 25.9 Å². The van der Waals surface area contributed by atoms with Crippen LogP contribution in [-0.2, 0) is 4.74 Å². The van der Waals surface area contributed by atoms with Gasteiger partial charge in [-0.25, -0.2) is 14.0 Å². The summed E-state index contributed by atoms with van der Waals surface area (Å²) in [5.74, 6) is -0.274. The van der Waals surface area contributed by atoms with Crippen LogP contribution in [0.25, 0.3) is 0 Å². The van der Waals surface area contributed by atoms with Crippen LogP contribution in [0.3, 0.4) is 0 Å². The van der Waals surface area contributed by atoms with E-state index in [1.165, 1.54) is 31.5 Å². The summed E-state index contributed by atoms with van der Waals surface area (Å²) in [6, 6.07) is 6.93. The van der Waals surface area contributed by atoms with Gasteiger partial charge in [-0.05, 0) is 38.0 Å². The molecule has 2 heterocycles. The van der Waals surface area contributed by atoms with E-state index < -0.39 is 17.9 Å². The summed E-state index contributed by atoms with van der Waals surface area (Å²) in [6.07, 6.45) is 2.32. The Morgan fingerprint density at radius 3 is 2.72 bits per heavy atom. The fourth-order valence-corrected chi connectivity index (χ4v) is 3.06. The van der Waals surface area contributed by atoms with Crippen LogP contribution in [0.15, 0.2) is 36.5 Å². The zero-order chi connectivity index (χ0) is 20.8. The molecule has 0 saturated carbocycles. The second-order valence-electron chi connectivity index (χ2n) is 6.74. The first-order chi connectivity index (χ1) is 13.9. The van der Waals surface area contributed by atoms with Crippen molar-refractivity contribution >= 4 is 23.5 Å². The molecule has 9 heteroatoms. The number of likely N-dealkylation sites (tertiary alicyclic amines) is 1. The fraction of sp³-hybridized carbons (Fsp3) is 0.350. The Hall–Kier alpha value is -3.36. The number of hydrogen-bond acceptors (Lipinski definition) is 5. The molecule has 2 N–H and O–H groups in total. The van der Waals surface area contributed by atoms with Gasteiger partial charge in [0.25, 0.3) is 0 Å². The third-order valence-corrected chi connectivity index (χ3v) is 4.41. The lowest BCUT2D eigenvalue weighted by atomic mass is 10.1. The number of halogens is 1.